The van der Waals surface area contributed by atoms with Crippen LogP contribution in [0.4, 0.5) is 5.69 Å². The fourth-order valence-corrected chi connectivity index (χ4v) is 3.34. The van der Waals surface area contributed by atoms with Gasteiger partial charge in [0.2, 0.25) is 11.8 Å². The maximum atomic E-state index is 12.4. The van der Waals surface area contributed by atoms with Gasteiger partial charge >= 0.3 is 0 Å². The molecule has 0 radical (unpaired) electrons. The molecule has 1 saturated heterocycles. The minimum absolute atomic E-state index is 0.103. The van der Waals surface area contributed by atoms with Crippen molar-refractivity contribution in [3.8, 4) is 0 Å². The number of nitrogens with one attached hydrogen (secondary N) is 2. The van der Waals surface area contributed by atoms with Crippen LogP contribution >= 0.6 is 11.6 Å². The van der Waals surface area contributed by atoms with Gasteiger partial charge in [-0.05, 0) is 30.2 Å². The molecule has 1 unspecified atom stereocenters. The van der Waals surface area contributed by atoms with Crippen LogP contribution in [-0.2, 0) is 16.0 Å². The Morgan fingerprint density at radius 3 is 2.56 bits per heavy atom. The number of amides is 3. The molecule has 0 aliphatic carbocycles. The Kier molecular flexibility index (Phi) is 5.76. The standard InChI is InChI=1S/C20H20ClN3O3/c1-2-13-7-3-6-10-17(13)24-12-14(11-18(24)25)19(26)22-23-20(27)15-8-4-5-9-16(15)21/h3-10,14H,2,11-12H2,1H3,(H,22,26)(H,23,27). The molecule has 0 saturated carbocycles. The van der Waals surface area contributed by atoms with Crippen LogP contribution in [0.25, 0.3) is 0 Å². The molecule has 1 heterocycles. The maximum absolute atomic E-state index is 12.4. The van der Waals surface area contributed by atoms with E-state index in [2.05, 4.69) is 10.9 Å². The summed E-state index contributed by atoms with van der Waals surface area (Å²) in [4.78, 5) is 38.6. The average Bonchev–Trinajstić information content (AvgIpc) is 3.07. The molecule has 6 nitrogen and oxygen atoms in total. The van der Waals surface area contributed by atoms with Gasteiger partial charge in [-0.25, -0.2) is 0 Å². The van der Waals surface area contributed by atoms with Crippen LogP contribution in [0.1, 0.15) is 29.3 Å². The Labute approximate surface area is 162 Å². The highest BCUT2D eigenvalue weighted by Gasteiger charge is 2.36. The Balaban J connectivity index is 1.62. The number of anilines is 1. The number of para-hydroxylation sites is 1. The molecular weight excluding hydrogens is 366 g/mol. The number of aryl methyl sites for hydroxylation is 1. The van der Waals surface area contributed by atoms with E-state index in [4.69, 9.17) is 11.6 Å². The van der Waals surface area contributed by atoms with Crippen LogP contribution in [-0.4, -0.2) is 24.3 Å². The van der Waals surface area contributed by atoms with Gasteiger partial charge < -0.3 is 4.90 Å². The molecule has 2 N–H and O–H groups in total. The minimum Gasteiger partial charge on any atom is -0.311 e. The summed E-state index contributed by atoms with van der Waals surface area (Å²) in [7, 11) is 0. The van der Waals surface area contributed by atoms with Crippen LogP contribution in [0.5, 0.6) is 0 Å². The van der Waals surface area contributed by atoms with E-state index in [0.717, 1.165) is 17.7 Å². The molecule has 0 bridgehead atoms. The lowest BCUT2D eigenvalue weighted by Gasteiger charge is -2.20. The Bertz CT molecular complexity index is 884. The van der Waals surface area contributed by atoms with Crippen LogP contribution in [0, 0.1) is 5.92 Å². The lowest BCUT2D eigenvalue weighted by Crippen LogP contribution is -2.45. The van der Waals surface area contributed by atoms with E-state index >= 15 is 0 Å². The van der Waals surface area contributed by atoms with Crippen molar-refractivity contribution in [2.24, 2.45) is 5.92 Å². The third kappa shape index (κ3) is 4.11. The summed E-state index contributed by atoms with van der Waals surface area (Å²) < 4.78 is 0. The number of hydrazine groups is 1. The number of halogens is 1. The first-order valence-electron chi connectivity index (χ1n) is 8.74. The highest BCUT2D eigenvalue weighted by atomic mass is 35.5. The highest BCUT2D eigenvalue weighted by molar-refractivity contribution is 6.33. The molecular formula is C20H20ClN3O3. The van der Waals surface area contributed by atoms with Crippen molar-refractivity contribution in [3.63, 3.8) is 0 Å². The van der Waals surface area contributed by atoms with Crippen LogP contribution in [0.15, 0.2) is 48.5 Å². The molecule has 0 aromatic heterocycles. The van der Waals surface area contributed by atoms with E-state index in [1.807, 2.05) is 31.2 Å². The van der Waals surface area contributed by atoms with Gasteiger partial charge in [-0.1, -0.05) is 48.9 Å². The first-order valence-corrected chi connectivity index (χ1v) is 9.12. The molecule has 3 amide bonds. The molecule has 2 aromatic carbocycles. The van der Waals surface area contributed by atoms with Gasteiger partial charge in [0.25, 0.3) is 5.91 Å². The zero-order valence-electron chi connectivity index (χ0n) is 14.9. The predicted molar refractivity (Wildman–Crippen MR) is 103 cm³/mol. The number of carbonyl (C=O) groups is 3. The molecule has 27 heavy (non-hydrogen) atoms. The van der Waals surface area contributed by atoms with Gasteiger partial charge in [-0.3, -0.25) is 25.2 Å². The van der Waals surface area contributed by atoms with Gasteiger partial charge in [-0.15, -0.1) is 0 Å². The van der Waals surface area contributed by atoms with Gasteiger partial charge in [0.1, 0.15) is 0 Å². The summed E-state index contributed by atoms with van der Waals surface area (Å²) in [6, 6.07) is 14.2. The van der Waals surface area contributed by atoms with Crippen molar-refractivity contribution in [2.45, 2.75) is 19.8 Å². The number of rotatable bonds is 4. The minimum atomic E-state index is -0.533. The SMILES string of the molecule is CCc1ccccc1N1CC(C(=O)NNC(=O)c2ccccc2Cl)CC1=O. The summed E-state index contributed by atoms with van der Waals surface area (Å²) in [6.45, 7) is 2.30. The summed E-state index contributed by atoms with van der Waals surface area (Å²) >= 11 is 5.97. The third-order valence-corrected chi connectivity index (χ3v) is 4.91. The van der Waals surface area contributed by atoms with E-state index < -0.39 is 17.7 Å². The zero-order valence-corrected chi connectivity index (χ0v) is 15.6. The maximum Gasteiger partial charge on any atom is 0.271 e. The van der Waals surface area contributed by atoms with E-state index in [9.17, 15) is 14.4 Å². The zero-order chi connectivity index (χ0) is 19.4. The molecule has 2 aromatic rings. The molecule has 0 spiro atoms. The molecule has 140 valence electrons. The van der Waals surface area contributed by atoms with Crippen LogP contribution in [0.3, 0.4) is 0 Å². The Hall–Kier alpha value is -2.86. The Morgan fingerprint density at radius 1 is 1.11 bits per heavy atom. The summed E-state index contributed by atoms with van der Waals surface area (Å²) in [5, 5.41) is 0.294. The number of benzene rings is 2. The molecule has 1 atom stereocenters. The van der Waals surface area contributed by atoms with Gasteiger partial charge in [0.05, 0.1) is 16.5 Å². The number of hydrogen-bond donors (Lipinski definition) is 2. The van der Waals surface area contributed by atoms with Crippen molar-refractivity contribution in [1.82, 2.24) is 10.9 Å². The second-order valence-corrected chi connectivity index (χ2v) is 6.72. The topological polar surface area (TPSA) is 78.5 Å². The van der Waals surface area contributed by atoms with Crippen LogP contribution < -0.4 is 15.8 Å². The average molecular weight is 386 g/mol. The fourth-order valence-electron chi connectivity index (χ4n) is 3.12. The molecule has 1 aliphatic rings. The first-order chi connectivity index (χ1) is 13.0. The third-order valence-electron chi connectivity index (χ3n) is 4.58. The molecule has 1 fully saturated rings. The second-order valence-electron chi connectivity index (χ2n) is 6.31. The van der Waals surface area contributed by atoms with E-state index in [1.54, 1.807) is 29.2 Å². The lowest BCUT2D eigenvalue weighted by molar-refractivity contribution is -0.126. The monoisotopic (exact) mass is 385 g/mol. The van der Waals surface area contributed by atoms with E-state index in [0.29, 0.717) is 5.02 Å². The molecule has 1 aliphatic heterocycles. The van der Waals surface area contributed by atoms with Crippen molar-refractivity contribution in [3.05, 3.63) is 64.7 Å². The van der Waals surface area contributed by atoms with Crippen molar-refractivity contribution in [2.75, 3.05) is 11.4 Å². The quantitative estimate of drug-likeness (QED) is 0.794. The van der Waals surface area contributed by atoms with Gasteiger partial charge in [0.15, 0.2) is 0 Å². The van der Waals surface area contributed by atoms with Crippen molar-refractivity contribution in [1.29, 1.82) is 0 Å². The summed E-state index contributed by atoms with van der Waals surface area (Å²) in [5.41, 5.74) is 6.90. The molecule has 3 rings (SSSR count). The smallest absolute Gasteiger partial charge is 0.271 e. The van der Waals surface area contributed by atoms with E-state index in [-0.39, 0.29) is 24.4 Å². The number of hydrogen-bond acceptors (Lipinski definition) is 3. The number of nitrogens with zero attached hydrogens (tertiary/aromatic N) is 1. The highest BCUT2D eigenvalue weighted by Crippen LogP contribution is 2.28. The van der Waals surface area contributed by atoms with E-state index in [1.165, 1.54) is 0 Å². The summed E-state index contributed by atoms with van der Waals surface area (Å²) in [5.74, 6) is -1.55. The molecule has 7 heteroatoms. The van der Waals surface area contributed by atoms with Gasteiger partial charge in [0, 0.05) is 18.7 Å². The van der Waals surface area contributed by atoms with Crippen LogP contribution in [0.2, 0.25) is 5.02 Å². The predicted octanol–water partition coefficient (Wildman–Crippen LogP) is 2.72. The normalized spacial score (nSPS) is 16.3. The van der Waals surface area contributed by atoms with Crippen molar-refractivity contribution < 1.29 is 14.4 Å². The summed E-state index contributed by atoms with van der Waals surface area (Å²) in [6.07, 6.45) is 0.899. The lowest BCUT2D eigenvalue weighted by atomic mass is 10.1. The number of carbonyl (C=O) groups excluding carboxylic acids is 3. The van der Waals surface area contributed by atoms with Gasteiger partial charge in [-0.2, -0.15) is 0 Å². The van der Waals surface area contributed by atoms with Crippen molar-refractivity contribution >= 4 is 35.0 Å². The largest absolute Gasteiger partial charge is 0.311 e. The first kappa shape index (κ1) is 18.9. The fraction of sp³-hybridized carbons (Fsp3) is 0.250. The Morgan fingerprint density at radius 2 is 1.81 bits per heavy atom. The second kappa shape index (κ2) is 8.22.